The van der Waals surface area contributed by atoms with Gasteiger partial charge in [-0.1, -0.05) is 25.1 Å². The minimum absolute atomic E-state index is 0.125. The van der Waals surface area contributed by atoms with Gasteiger partial charge in [0.2, 0.25) is 5.91 Å². The average molecular weight is 530 g/mol. The predicted octanol–water partition coefficient (Wildman–Crippen LogP) is 6.26. The quantitative estimate of drug-likeness (QED) is 0.397. The topological polar surface area (TPSA) is 52.6 Å². The molecule has 3 aliphatic carbocycles. The molecule has 0 aliphatic heterocycles. The van der Waals surface area contributed by atoms with Crippen LogP contribution in [-0.2, 0) is 17.6 Å². The van der Waals surface area contributed by atoms with Crippen molar-refractivity contribution < 1.29 is 9.90 Å². The van der Waals surface area contributed by atoms with Gasteiger partial charge < -0.3 is 15.3 Å². The molecule has 0 saturated heterocycles. The van der Waals surface area contributed by atoms with Gasteiger partial charge in [-0.3, -0.25) is 4.79 Å². The van der Waals surface area contributed by atoms with E-state index in [9.17, 15) is 9.90 Å². The maximum Gasteiger partial charge on any atom is 0.224 e. The first-order valence-electron chi connectivity index (χ1n) is 13.5. The standard InChI is InChI=1S/C30H38Cl2N2O2/c1-30-13-12-25-24-9-7-23(35)19-21(24)4-8-26(25)27(30)10-11-28(30)33-29(36)18-20-2-5-22(6-3-20)34(16-14-31)17-15-32/h2-3,5-7,9,19,25-28,35H,4,8,10-18H2,1H3,(H,33,36)/t25-,26+,27+,28+,30+/m1/s1. The molecule has 5 rings (SSSR count). The second kappa shape index (κ2) is 10.8. The van der Waals surface area contributed by atoms with Gasteiger partial charge in [0.05, 0.1) is 6.42 Å². The van der Waals surface area contributed by atoms with Gasteiger partial charge in [-0.2, -0.15) is 0 Å². The zero-order chi connectivity index (χ0) is 25.3. The number of amides is 1. The summed E-state index contributed by atoms with van der Waals surface area (Å²) in [6.07, 6.45) is 7.24. The molecule has 2 aromatic rings. The third kappa shape index (κ3) is 4.96. The first-order valence-corrected chi connectivity index (χ1v) is 14.6. The molecule has 6 heteroatoms. The number of halogens is 2. The van der Waals surface area contributed by atoms with E-state index in [-0.39, 0.29) is 17.4 Å². The zero-order valence-corrected chi connectivity index (χ0v) is 22.7. The lowest BCUT2D eigenvalue weighted by atomic mass is 9.55. The van der Waals surface area contributed by atoms with Crippen molar-refractivity contribution in [3.05, 3.63) is 59.2 Å². The van der Waals surface area contributed by atoms with Gasteiger partial charge in [0.25, 0.3) is 0 Å². The molecule has 0 bridgehead atoms. The number of alkyl halides is 2. The Morgan fingerprint density at radius 2 is 1.81 bits per heavy atom. The van der Waals surface area contributed by atoms with Crippen LogP contribution in [0.4, 0.5) is 5.69 Å². The molecule has 0 aromatic heterocycles. The molecule has 36 heavy (non-hydrogen) atoms. The van der Waals surface area contributed by atoms with Crippen LogP contribution in [0.1, 0.15) is 61.6 Å². The van der Waals surface area contributed by atoms with Crippen molar-refractivity contribution in [1.82, 2.24) is 5.32 Å². The number of fused-ring (bicyclic) bond motifs is 5. The highest BCUT2D eigenvalue weighted by Gasteiger charge is 2.55. The average Bonchev–Trinajstić information content (AvgIpc) is 3.20. The van der Waals surface area contributed by atoms with Gasteiger partial charge in [0, 0.05) is 36.6 Å². The number of hydrogen-bond donors (Lipinski definition) is 2. The third-order valence-corrected chi connectivity index (χ3v) is 9.76. The molecular weight excluding hydrogens is 491 g/mol. The van der Waals surface area contributed by atoms with E-state index in [4.69, 9.17) is 23.2 Å². The van der Waals surface area contributed by atoms with Crippen LogP contribution in [0.15, 0.2) is 42.5 Å². The van der Waals surface area contributed by atoms with Gasteiger partial charge in [0.15, 0.2) is 0 Å². The highest BCUT2D eigenvalue weighted by atomic mass is 35.5. The SMILES string of the molecule is C[C@]12CC[C@@H]3c4ccc(O)cc4CC[C@@H]3[C@@H]1CC[C@@H]2NC(=O)Cc1ccc(N(CCCl)CCCl)cc1. The lowest BCUT2D eigenvalue weighted by Gasteiger charge is -2.51. The number of nitrogens with one attached hydrogen (secondary N) is 1. The fourth-order valence-corrected chi connectivity index (χ4v) is 8.04. The molecule has 5 atom stereocenters. The number of carbonyl (C=O) groups is 1. The van der Waals surface area contributed by atoms with E-state index >= 15 is 0 Å². The van der Waals surface area contributed by atoms with Crippen LogP contribution < -0.4 is 10.2 Å². The molecule has 0 unspecified atom stereocenters. The Morgan fingerprint density at radius 3 is 2.53 bits per heavy atom. The minimum atomic E-state index is 0.125. The molecule has 0 heterocycles. The van der Waals surface area contributed by atoms with E-state index in [0.717, 1.165) is 43.6 Å². The van der Waals surface area contributed by atoms with E-state index in [1.165, 1.54) is 30.4 Å². The maximum atomic E-state index is 13.1. The summed E-state index contributed by atoms with van der Waals surface area (Å²) in [5.41, 5.74) is 5.08. The van der Waals surface area contributed by atoms with Crippen molar-refractivity contribution in [1.29, 1.82) is 0 Å². The van der Waals surface area contributed by atoms with Crippen molar-refractivity contribution in [2.75, 3.05) is 29.7 Å². The first-order chi connectivity index (χ1) is 17.4. The Balaban J connectivity index is 1.22. The smallest absolute Gasteiger partial charge is 0.224 e. The Labute approximate surface area is 225 Å². The largest absolute Gasteiger partial charge is 0.508 e. The Bertz CT molecular complexity index is 1070. The van der Waals surface area contributed by atoms with Crippen molar-refractivity contribution in [3.8, 4) is 5.75 Å². The number of phenolic OH excluding ortho intramolecular Hbond substituents is 1. The van der Waals surface area contributed by atoms with Crippen LogP contribution in [0.2, 0.25) is 0 Å². The van der Waals surface area contributed by atoms with E-state index in [0.29, 0.717) is 41.7 Å². The molecule has 3 aliphatic rings. The number of aromatic hydroxyl groups is 1. The monoisotopic (exact) mass is 528 g/mol. The molecule has 0 spiro atoms. The summed E-state index contributed by atoms with van der Waals surface area (Å²) >= 11 is 11.9. The predicted molar refractivity (Wildman–Crippen MR) is 148 cm³/mol. The highest BCUT2D eigenvalue weighted by molar-refractivity contribution is 6.18. The van der Waals surface area contributed by atoms with Gasteiger partial charge in [-0.05, 0) is 103 Å². The van der Waals surface area contributed by atoms with E-state index in [1.807, 2.05) is 24.3 Å². The van der Waals surface area contributed by atoms with E-state index in [1.54, 1.807) is 0 Å². The highest BCUT2D eigenvalue weighted by Crippen LogP contribution is 2.61. The minimum Gasteiger partial charge on any atom is -0.508 e. The van der Waals surface area contributed by atoms with Gasteiger partial charge >= 0.3 is 0 Å². The van der Waals surface area contributed by atoms with Crippen LogP contribution in [0, 0.1) is 17.3 Å². The second-order valence-electron chi connectivity index (χ2n) is 11.2. The van der Waals surface area contributed by atoms with Crippen LogP contribution in [0.3, 0.4) is 0 Å². The van der Waals surface area contributed by atoms with Gasteiger partial charge in [-0.15, -0.1) is 23.2 Å². The van der Waals surface area contributed by atoms with Crippen LogP contribution in [0.25, 0.3) is 0 Å². The second-order valence-corrected chi connectivity index (χ2v) is 12.0. The van der Waals surface area contributed by atoms with Crippen molar-refractivity contribution in [2.24, 2.45) is 17.3 Å². The van der Waals surface area contributed by atoms with E-state index < -0.39 is 0 Å². The van der Waals surface area contributed by atoms with Crippen molar-refractivity contribution in [3.63, 3.8) is 0 Å². The summed E-state index contributed by atoms with van der Waals surface area (Å²) < 4.78 is 0. The molecule has 0 radical (unpaired) electrons. The summed E-state index contributed by atoms with van der Waals surface area (Å²) in [4.78, 5) is 15.3. The van der Waals surface area contributed by atoms with Crippen molar-refractivity contribution in [2.45, 2.75) is 63.8 Å². The molecule has 2 fully saturated rings. The normalized spacial score (nSPS) is 28.6. The molecule has 4 nitrogen and oxygen atoms in total. The number of rotatable bonds is 8. The first kappa shape index (κ1) is 25.7. The Hall–Kier alpha value is -1.91. The summed E-state index contributed by atoms with van der Waals surface area (Å²) in [5.74, 6) is 3.54. The summed E-state index contributed by atoms with van der Waals surface area (Å²) in [6.45, 7) is 3.94. The van der Waals surface area contributed by atoms with Crippen LogP contribution >= 0.6 is 23.2 Å². The van der Waals surface area contributed by atoms with Gasteiger partial charge in [-0.25, -0.2) is 0 Å². The molecule has 2 saturated carbocycles. The molecule has 2 aromatic carbocycles. The Morgan fingerprint density at radius 1 is 1.06 bits per heavy atom. The summed E-state index contributed by atoms with van der Waals surface area (Å²) in [5, 5.41) is 13.4. The fourth-order valence-electron chi connectivity index (χ4n) is 7.64. The van der Waals surface area contributed by atoms with Crippen molar-refractivity contribution >= 4 is 34.8 Å². The third-order valence-electron chi connectivity index (χ3n) is 9.42. The number of benzene rings is 2. The Kier molecular flexibility index (Phi) is 7.74. The van der Waals surface area contributed by atoms with Crippen LogP contribution in [0.5, 0.6) is 5.75 Å². The number of anilines is 1. The molecule has 1 amide bonds. The van der Waals surface area contributed by atoms with E-state index in [2.05, 4.69) is 35.3 Å². The maximum absolute atomic E-state index is 13.1. The molecule has 194 valence electrons. The molecular formula is C30H38Cl2N2O2. The molecule has 2 N–H and O–H groups in total. The zero-order valence-electron chi connectivity index (χ0n) is 21.2. The van der Waals surface area contributed by atoms with Gasteiger partial charge in [0.1, 0.15) is 5.75 Å². The summed E-state index contributed by atoms with van der Waals surface area (Å²) in [6, 6.07) is 14.5. The number of hydrogen-bond acceptors (Lipinski definition) is 3. The number of nitrogens with zero attached hydrogens (tertiary/aromatic N) is 1. The fraction of sp³-hybridized carbons (Fsp3) is 0.567. The number of carbonyl (C=O) groups excluding carboxylic acids is 1. The summed E-state index contributed by atoms with van der Waals surface area (Å²) in [7, 11) is 0. The lowest BCUT2D eigenvalue weighted by Crippen LogP contribution is -2.50. The number of aryl methyl sites for hydroxylation is 1. The lowest BCUT2D eigenvalue weighted by molar-refractivity contribution is -0.122. The number of phenols is 1. The van der Waals surface area contributed by atoms with Crippen LogP contribution in [-0.4, -0.2) is 41.9 Å².